The highest BCUT2D eigenvalue weighted by atomic mass is 16.3. The second-order valence-electron chi connectivity index (χ2n) is 8.10. The van der Waals surface area contributed by atoms with Crippen molar-refractivity contribution in [3.05, 3.63) is 87.6 Å². The van der Waals surface area contributed by atoms with E-state index >= 15 is 0 Å². The van der Waals surface area contributed by atoms with Crippen LogP contribution in [0.3, 0.4) is 0 Å². The second-order valence-corrected chi connectivity index (χ2v) is 8.10. The summed E-state index contributed by atoms with van der Waals surface area (Å²) in [6, 6.07) is 12.3. The Morgan fingerprint density at radius 2 is 1.97 bits per heavy atom. The molecule has 34 heavy (non-hydrogen) atoms. The van der Waals surface area contributed by atoms with Gasteiger partial charge < -0.3 is 20.0 Å². The first-order valence-corrected chi connectivity index (χ1v) is 10.9. The minimum Gasteiger partial charge on any atom is -0.493 e. The predicted octanol–water partition coefficient (Wildman–Crippen LogP) is 0.860. The summed E-state index contributed by atoms with van der Waals surface area (Å²) in [5, 5.41) is 18.3. The Morgan fingerprint density at radius 1 is 1.15 bits per heavy atom. The molecule has 0 bridgehead atoms. The molecule has 1 aliphatic carbocycles. The quantitative estimate of drug-likeness (QED) is 0.299. The minimum absolute atomic E-state index is 0.238. The number of anilines is 1. The van der Waals surface area contributed by atoms with E-state index < -0.39 is 5.69 Å². The van der Waals surface area contributed by atoms with Crippen molar-refractivity contribution < 1.29 is 5.11 Å². The van der Waals surface area contributed by atoms with Crippen molar-refractivity contribution >= 4 is 17.7 Å². The van der Waals surface area contributed by atoms with Crippen LogP contribution in [-0.4, -0.2) is 45.3 Å². The van der Waals surface area contributed by atoms with Gasteiger partial charge in [0.05, 0.1) is 12.2 Å². The Kier molecular flexibility index (Phi) is 4.72. The fourth-order valence-electron chi connectivity index (χ4n) is 3.74. The summed E-state index contributed by atoms with van der Waals surface area (Å²) in [6.07, 6.45) is 9.27. The van der Waals surface area contributed by atoms with Gasteiger partial charge in [0.2, 0.25) is 11.8 Å². The number of imidazole rings is 1. The van der Waals surface area contributed by atoms with Crippen molar-refractivity contribution in [2.45, 2.75) is 25.4 Å². The zero-order chi connectivity index (χ0) is 23.1. The summed E-state index contributed by atoms with van der Waals surface area (Å²) in [5.74, 6) is 0.164. The van der Waals surface area contributed by atoms with E-state index in [-0.39, 0.29) is 17.6 Å². The average molecular weight is 455 g/mol. The number of rotatable bonds is 6. The summed E-state index contributed by atoms with van der Waals surface area (Å²) in [7, 11) is 0. The summed E-state index contributed by atoms with van der Waals surface area (Å²) >= 11 is 0. The molecule has 4 aromatic heterocycles. The molecule has 0 saturated heterocycles. The highest BCUT2D eigenvalue weighted by Gasteiger charge is 2.21. The molecule has 170 valence electrons. The number of aromatic hydroxyl groups is 1. The monoisotopic (exact) mass is 455 g/mol. The second kappa shape index (κ2) is 8.03. The van der Waals surface area contributed by atoms with Crippen LogP contribution < -0.4 is 21.8 Å². The Bertz CT molecular complexity index is 1660. The molecule has 0 unspecified atom stereocenters. The Morgan fingerprint density at radius 3 is 2.74 bits per heavy atom. The molecule has 11 heteroatoms. The molecular weight excluding hydrogens is 434 g/mol. The van der Waals surface area contributed by atoms with E-state index in [1.807, 2.05) is 36.7 Å². The third kappa shape index (κ3) is 3.83. The van der Waals surface area contributed by atoms with Gasteiger partial charge in [-0.15, -0.1) is 0 Å². The van der Waals surface area contributed by atoms with Crippen molar-refractivity contribution in [3.8, 4) is 11.6 Å². The van der Waals surface area contributed by atoms with Crippen LogP contribution in [0.4, 0.5) is 5.95 Å². The van der Waals surface area contributed by atoms with E-state index in [0.29, 0.717) is 29.0 Å². The van der Waals surface area contributed by atoms with Gasteiger partial charge in [0.15, 0.2) is 5.65 Å². The third-order valence-electron chi connectivity index (χ3n) is 5.57. The summed E-state index contributed by atoms with van der Waals surface area (Å²) in [5.41, 5.74) is 2.86. The van der Waals surface area contributed by atoms with Gasteiger partial charge in [-0.1, -0.05) is 18.2 Å². The van der Waals surface area contributed by atoms with E-state index in [0.717, 1.165) is 24.1 Å². The van der Waals surface area contributed by atoms with Gasteiger partial charge in [-0.25, -0.2) is 9.79 Å². The van der Waals surface area contributed by atoms with E-state index in [1.165, 1.54) is 0 Å². The SMILES string of the molecule is O=c1[nH]c(O)c(/C=c2\cnn3c(=NC4CC4)nc(NCc4ccccc4-n4cccc4)nc23)[nH]1. The number of hydrogen-bond acceptors (Lipinski definition) is 7. The van der Waals surface area contributed by atoms with Crippen molar-refractivity contribution in [1.29, 1.82) is 0 Å². The molecule has 1 aliphatic rings. The maximum atomic E-state index is 11.5. The molecule has 0 atom stereocenters. The van der Waals surface area contributed by atoms with E-state index in [1.54, 1.807) is 16.8 Å². The Hall–Kier alpha value is -4.67. The number of fused-ring (bicyclic) bond motifs is 1. The molecular formula is C23H21N9O2. The van der Waals surface area contributed by atoms with E-state index in [2.05, 4.69) is 47.1 Å². The molecule has 4 N–H and O–H groups in total. The van der Waals surface area contributed by atoms with Crippen LogP contribution in [0.25, 0.3) is 17.4 Å². The fourth-order valence-corrected chi connectivity index (χ4v) is 3.74. The van der Waals surface area contributed by atoms with Crippen LogP contribution in [0.5, 0.6) is 5.88 Å². The largest absolute Gasteiger partial charge is 0.493 e. The normalized spacial score (nSPS) is 14.8. The van der Waals surface area contributed by atoms with Crippen LogP contribution in [0.15, 0.2) is 64.8 Å². The first-order chi connectivity index (χ1) is 16.6. The first kappa shape index (κ1) is 20.0. The van der Waals surface area contributed by atoms with Crippen molar-refractivity contribution in [1.82, 2.24) is 34.1 Å². The summed E-state index contributed by atoms with van der Waals surface area (Å²) in [6.45, 7) is 0.506. The number of nitrogens with zero attached hydrogens (tertiary/aromatic N) is 6. The van der Waals surface area contributed by atoms with Gasteiger partial charge in [0, 0.05) is 29.8 Å². The maximum absolute atomic E-state index is 11.5. The average Bonchev–Trinajstić information content (AvgIpc) is 3.20. The summed E-state index contributed by atoms with van der Waals surface area (Å²) < 4.78 is 3.63. The molecule has 0 amide bonds. The highest BCUT2D eigenvalue weighted by Crippen LogP contribution is 2.22. The van der Waals surface area contributed by atoms with Gasteiger partial charge in [0.1, 0.15) is 5.69 Å². The lowest BCUT2D eigenvalue weighted by molar-refractivity contribution is 0.454. The van der Waals surface area contributed by atoms with Gasteiger partial charge in [-0.2, -0.15) is 19.6 Å². The number of H-pyrrole nitrogens is 2. The molecule has 1 aromatic carbocycles. The molecule has 4 heterocycles. The Labute approximate surface area is 192 Å². The van der Waals surface area contributed by atoms with Crippen LogP contribution in [-0.2, 0) is 6.54 Å². The molecule has 0 spiro atoms. The Balaban J connectivity index is 1.41. The lowest BCUT2D eigenvalue weighted by Crippen LogP contribution is -2.25. The van der Waals surface area contributed by atoms with Crippen LogP contribution in [0.2, 0.25) is 0 Å². The number of hydrogen-bond donors (Lipinski definition) is 4. The lowest BCUT2D eigenvalue weighted by atomic mass is 10.1. The van der Waals surface area contributed by atoms with Crippen LogP contribution in [0.1, 0.15) is 24.1 Å². The van der Waals surface area contributed by atoms with Crippen LogP contribution >= 0.6 is 0 Å². The van der Waals surface area contributed by atoms with Gasteiger partial charge in [-0.3, -0.25) is 4.98 Å². The molecule has 11 nitrogen and oxygen atoms in total. The van der Waals surface area contributed by atoms with Gasteiger partial charge in [0.25, 0.3) is 5.62 Å². The van der Waals surface area contributed by atoms with Crippen LogP contribution in [0, 0.1) is 0 Å². The zero-order valence-electron chi connectivity index (χ0n) is 18.0. The number of aromatic nitrogens is 7. The molecule has 0 aliphatic heterocycles. The van der Waals surface area contributed by atoms with E-state index in [9.17, 15) is 9.90 Å². The number of para-hydroxylation sites is 1. The maximum Gasteiger partial charge on any atom is 0.326 e. The zero-order valence-corrected chi connectivity index (χ0v) is 18.0. The molecule has 6 rings (SSSR count). The fraction of sp³-hybridized carbons (Fsp3) is 0.174. The van der Waals surface area contributed by atoms with Gasteiger partial charge in [-0.05, 0) is 42.7 Å². The van der Waals surface area contributed by atoms with Crippen molar-refractivity contribution in [2.24, 2.45) is 4.99 Å². The highest BCUT2D eigenvalue weighted by molar-refractivity contribution is 5.57. The molecule has 1 saturated carbocycles. The van der Waals surface area contributed by atoms with Crippen molar-refractivity contribution in [3.63, 3.8) is 0 Å². The smallest absolute Gasteiger partial charge is 0.326 e. The third-order valence-corrected chi connectivity index (χ3v) is 5.57. The predicted molar refractivity (Wildman–Crippen MR) is 124 cm³/mol. The number of aromatic amines is 2. The summed E-state index contributed by atoms with van der Waals surface area (Å²) in [4.78, 5) is 30.3. The molecule has 1 fully saturated rings. The first-order valence-electron chi connectivity index (χ1n) is 10.9. The topological polar surface area (TPSA) is 141 Å². The minimum atomic E-state index is -0.497. The number of nitrogens with one attached hydrogen (secondary N) is 3. The molecule has 5 aromatic rings. The standard InChI is InChI=1S/C23H21N9O2/c33-20-17(27-23(34)29-20)11-15-13-25-32-19(15)28-21(30-22(32)26-16-7-8-16)24-12-14-5-1-2-6-18(14)31-9-3-4-10-31/h1-6,9-11,13,16,33H,7-8,12H2,(H,24,26,30)(H2,27,29,34)/b15-11+. The van der Waals surface area contributed by atoms with E-state index in [4.69, 9.17) is 4.99 Å². The number of benzene rings is 1. The van der Waals surface area contributed by atoms with Gasteiger partial charge >= 0.3 is 5.69 Å². The van der Waals surface area contributed by atoms with Crippen molar-refractivity contribution in [2.75, 3.05) is 5.32 Å². The lowest BCUT2D eigenvalue weighted by Gasteiger charge is -2.11. The molecule has 0 radical (unpaired) electrons.